The first-order chi connectivity index (χ1) is 17.9. The Bertz CT molecular complexity index is 1410. The first kappa shape index (κ1) is 25.8. The number of hydrogen-bond acceptors (Lipinski definition) is 7. The van der Waals surface area contributed by atoms with Gasteiger partial charge in [0.1, 0.15) is 5.82 Å². The molecule has 2 N–H and O–H groups in total. The summed E-state index contributed by atoms with van der Waals surface area (Å²) < 4.78 is 10.6. The lowest BCUT2D eigenvalue weighted by Gasteiger charge is -2.16. The lowest BCUT2D eigenvalue weighted by atomic mass is 9.96. The van der Waals surface area contributed by atoms with E-state index in [0.717, 1.165) is 52.8 Å². The molecule has 0 saturated carbocycles. The van der Waals surface area contributed by atoms with Crippen LogP contribution >= 0.6 is 0 Å². The number of hydrogen-bond donors (Lipinski definition) is 2. The molecule has 4 aromatic rings. The molecule has 0 aliphatic rings. The SMILES string of the molecule is CCCCc1nc(C)nc(OCCCC(=O)O)c1Cc1ccc(-c2ccccc2-c2noc(=O)[nH]2)cc1. The van der Waals surface area contributed by atoms with Crippen LogP contribution in [0.3, 0.4) is 0 Å². The van der Waals surface area contributed by atoms with Crippen molar-refractivity contribution in [3.63, 3.8) is 0 Å². The summed E-state index contributed by atoms with van der Waals surface area (Å²) in [5, 5.41) is 12.8. The third-order valence-electron chi connectivity index (χ3n) is 5.98. The van der Waals surface area contributed by atoms with Crippen molar-refractivity contribution in [2.75, 3.05) is 6.61 Å². The second kappa shape index (κ2) is 12.1. The molecule has 9 nitrogen and oxygen atoms in total. The van der Waals surface area contributed by atoms with E-state index in [9.17, 15) is 9.59 Å². The smallest absolute Gasteiger partial charge is 0.439 e. The van der Waals surface area contributed by atoms with E-state index in [0.29, 0.717) is 30.4 Å². The van der Waals surface area contributed by atoms with Crippen LogP contribution in [0.5, 0.6) is 5.88 Å². The highest BCUT2D eigenvalue weighted by atomic mass is 16.5. The fourth-order valence-corrected chi connectivity index (χ4v) is 4.16. The molecule has 9 heteroatoms. The summed E-state index contributed by atoms with van der Waals surface area (Å²) in [5.74, 6) is 0.101. The molecule has 37 heavy (non-hydrogen) atoms. The summed E-state index contributed by atoms with van der Waals surface area (Å²) in [7, 11) is 0. The van der Waals surface area contributed by atoms with Gasteiger partial charge in [0.25, 0.3) is 0 Å². The summed E-state index contributed by atoms with van der Waals surface area (Å²) in [4.78, 5) is 34.2. The molecule has 0 atom stereocenters. The van der Waals surface area contributed by atoms with E-state index in [2.05, 4.69) is 38.7 Å². The number of ether oxygens (including phenoxy) is 1. The maximum Gasteiger partial charge on any atom is 0.439 e. The Kier molecular flexibility index (Phi) is 8.45. The molecule has 0 radical (unpaired) electrons. The van der Waals surface area contributed by atoms with Gasteiger partial charge in [0, 0.05) is 24.0 Å². The van der Waals surface area contributed by atoms with Gasteiger partial charge in [-0.15, -0.1) is 0 Å². The topological polar surface area (TPSA) is 131 Å². The molecule has 0 saturated heterocycles. The predicted molar refractivity (Wildman–Crippen MR) is 139 cm³/mol. The lowest BCUT2D eigenvalue weighted by Crippen LogP contribution is -2.10. The van der Waals surface area contributed by atoms with Crippen molar-refractivity contribution in [2.24, 2.45) is 0 Å². The van der Waals surface area contributed by atoms with Crippen molar-refractivity contribution in [3.8, 4) is 28.4 Å². The fraction of sp³-hybridized carbons (Fsp3) is 0.321. The van der Waals surface area contributed by atoms with Crippen LogP contribution in [0.25, 0.3) is 22.5 Å². The normalized spacial score (nSPS) is 11.0. The van der Waals surface area contributed by atoms with Crippen LogP contribution in [-0.4, -0.2) is 37.8 Å². The molecule has 0 unspecified atom stereocenters. The van der Waals surface area contributed by atoms with E-state index in [-0.39, 0.29) is 13.0 Å². The Morgan fingerprint density at radius 3 is 2.49 bits per heavy atom. The molecule has 0 fully saturated rings. The number of aromatic amines is 1. The van der Waals surface area contributed by atoms with Crippen LogP contribution in [0.4, 0.5) is 0 Å². The quantitative estimate of drug-likeness (QED) is 0.260. The van der Waals surface area contributed by atoms with Crippen molar-refractivity contribution < 1.29 is 19.2 Å². The first-order valence-corrected chi connectivity index (χ1v) is 12.4. The van der Waals surface area contributed by atoms with Gasteiger partial charge in [-0.25, -0.2) is 9.78 Å². The van der Waals surface area contributed by atoms with Crippen molar-refractivity contribution in [1.29, 1.82) is 0 Å². The standard InChI is InChI=1S/C28H30N4O5/c1-3-4-10-24-23(27(30-18(2)29-24)36-16-7-11-25(33)34)17-19-12-14-20(15-13-19)21-8-5-6-9-22(21)26-31-28(35)37-32-26/h5-6,8-9,12-15H,3-4,7,10-11,16-17H2,1-2H3,(H,33,34)(H,31,32,35). The molecular formula is C28H30N4O5. The number of H-pyrrole nitrogens is 1. The number of aliphatic carboxylic acids is 1. The molecule has 2 heterocycles. The second-order valence-electron chi connectivity index (χ2n) is 8.81. The Labute approximate surface area is 214 Å². The summed E-state index contributed by atoms with van der Waals surface area (Å²) in [6, 6.07) is 15.8. The van der Waals surface area contributed by atoms with Gasteiger partial charge in [-0.3, -0.25) is 14.3 Å². The van der Waals surface area contributed by atoms with Gasteiger partial charge in [0.15, 0.2) is 5.82 Å². The number of rotatable bonds is 12. The van der Waals surface area contributed by atoms with Crippen LogP contribution in [-0.2, 0) is 17.6 Å². The van der Waals surface area contributed by atoms with Crippen molar-refractivity contribution >= 4 is 5.97 Å². The number of carboxylic acid groups (broad SMARTS) is 1. The lowest BCUT2D eigenvalue weighted by molar-refractivity contribution is -0.137. The molecule has 2 aromatic carbocycles. The molecule has 4 rings (SSSR count). The highest BCUT2D eigenvalue weighted by Gasteiger charge is 2.16. The zero-order chi connectivity index (χ0) is 26.2. The van der Waals surface area contributed by atoms with Crippen molar-refractivity contribution in [2.45, 2.75) is 52.4 Å². The molecule has 0 spiro atoms. The number of carbonyl (C=O) groups is 1. The zero-order valence-corrected chi connectivity index (χ0v) is 21.0. The zero-order valence-electron chi connectivity index (χ0n) is 21.0. The number of aryl methyl sites for hydroxylation is 2. The van der Waals surface area contributed by atoms with Gasteiger partial charge < -0.3 is 9.84 Å². The molecule has 0 aliphatic heterocycles. The van der Waals surface area contributed by atoms with Crippen LogP contribution < -0.4 is 10.5 Å². The third-order valence-corrected chi connectivity index (χ3v) is 5.98. The van der Waals surface area contributed by atoms with Gasteiger partial charge in [-0.1, -0.05) is 67.0 Å². The molecule has 0 bridgehead atoms. The highest BCUT2D eigenvalue weighted by Crippen LogP contribution is 2.31. The van der Waals surface area contributed by atoms with Crippen LogP contribution in [0.2, 0.25) is 0 Å². The fourth-order valence-electron chi connectivity index (χ4n) is 4.16. The van der Waals surface area contributed by atoms with Gasteiger partial charge in [0.2, 0.25) is 5.88 Å². The van der Waals surface area contributed by atoms with Gasteiger partial charge in [0.05, 0.1) is 12.3 Å². The first-order valence-electron chi connectivity index (χ1n) is 12.4. The van der Waals surface area contributed by atoms with Crippen LogP contribution in [0.1, 0.15) is 55.3 Å². The van der Waals surface area contributed by atoms with E-state index < -0.39 is 11.7 Å². The van der Waals surface area contributed by atoms with E-state index in [1.807, 2.05) is 43.3 Å². The van der Waals surface area contributed by atoms with E-state index in [4.69, 9.17) is 14.8 Å². The molecular weight excluding hydrogens is 472 g/mol. The molecule has 2 aromatic heterocycles. The van der Waals surface area contributed by atoms with E-state index in [1.165, 1.54) is 0 Å². The summed E-state index contributed by atoms with van der Waals surface area (Å²) in [6.07, 6.45) is 3.92. The Morgan fingerprint density at radius 2 is 1.81 bits per heavy atom. The average Bonchev–Trinajstić information content (AvgIpc) is 3.33. The number of nitrogens with zero attached hydrogens (tertiary/aromatic N) is 3. The van der Waals surface area contributed by atoms with Crippen LogP contribution in [0.15, 0.2) is 57.8 Å². The number of carboxylic acids is 1. The largest absolute Gasteiger partial charge is 0.481 e. The number of aromatic nitrogens is 4. The average molecular weight is 503 g/mol. The second-order valence-corrected chi connectivity index (χ2v) is 8.81. The van der Waals surface area contributed by atoms with E-state index >= 15 is 0 Å². The molecule has 192 valence electrons. The Morgan fingerprint density at radius 1 is 1.05 bits per heavy atom. The van der Waals surface area contributed by atoms with Crippen molar-refractivity contribution in [3.05, 3.63) is 81.7 Å². The Hall–Kier alpha value is -4.27. The van der Waals surface area contributed by atoms with Gasteiger partial charge >= 0.3 is 11.7 Å². The van der Waals surface area contributed by atoms with Crippen molar-refractivity contribution in [1.82, 2.24) is 20.1 Å². The monoisotopic (exact) mass is 502 g/mol. The maximum atomic E-state index is 11.5. The number of nitrogens with one attached hydrogen (secondary N) is 1. The summed E-state index contributed by atoms with van der Waals surface area (Å²) in [5.41, 5.74) is 5.63. The van der Waals surface area contributed by atoms with Crippen LogP contribution in [0, 0.1) is 6.92 Å². The summed E-state index contributed by atoms with van der Waals surface area (Å²) >= 11 is 0. The summed E-state index contributed by atoms with van der Waals surface area (Å²) in [6.45, 7) is 4.27. The third kappa shape index (κ3) is 6.69. The van der Waals surface area contributed by atoms with Gasteiger partial charge in [-0.05, 0) is 42.9 Å². The minimum Gasteiger partial charge on any atom is -0.481 e. The minimum absolute atomic E-state index is 0.0489. The number of benzene rings is 2. The van der Waals surface area contributed by atoms with E-state index in [1.54, 1.807) is 0 Å². The Balaban J connectivity index is 1.61. The van der Waals surface area contributed by atoms with Gasteiger partial charge in [-0.2, -0.15) is 4.98 Å². The maximum absolute atomic E-state index is 11.5. The minimum atomic E-state index is -0.845. The highest BCUT2D eigenvalue weighted by molar-refractivity contribution is 5.80. The predicted octanol–water partition coefficient (Wildman–Crippen LogP) is 4.97. The molecule has 0 aliphatic carbocycles. The number of unbranched alkanes of at least 4 members (excludes halogenated alkanes) is 1. The molecule has 0 amide bonds.